The van der Waals surface area contributed by atoms with E-state index in [1.165, 1.54) is 0 Å². The first kappa shape index (κ1) is 11.4. The molecular formula is C5H12O2Ti. The summed E-state index contributed by atoms with van der Waals surface area (Å²) < 4.78 is 4.63. The van der Waals surface area contributed by atoms with Gasteiger partial charge in [-0.25, -0.2) is 0 Å². The third-order valence-corrected chi connectivity index (χ3v) is 0.734. The van der Waals surface area contributed by atoms with E-state index in [2.05, 4.69) is 11.7 Å². The van der Waals surface area contributed by atoms with Gasteiger partial charge in [-0.2, -0.15) is 0 Å². The molecule has 0 aromatic rings. The predicted octanol–water partition coefficient (Wildman–Crippen LogP) is 0.750. The average Bonchev–Trinajstić information content (AvgIpc) is 1.69. The molecule has 0 amide bonds. The second-order valence-electron chi connectivity index (χ2n) is 1.39. The maximum Gasteiger partial charge on any atom is 0.143 e. The van der Waals surface area contributed by atoms with Crippen LogP contribution in [0.2, 0.25) is 0 Å². The first-order valence-corrected chi connectivity index (χ1v) is 2.60. The Morgan fingerprint density at radius 1 is 1.50 bits per heavy atom. The molecule has 0 atom stereocenters. The van der Waals surface area contributed by atoms with Crippen molar-refractivity contribution in [3.05, 3.63) is 0 Å². The van der Waals surface area contributed by atoms with E-state index in [4.69, 9.17) is 5.11 Å². The SMILES string of the molecule is CCCCOCO.[Ti]. The number of hydrogen-bond donors (Lipinski definition) is 1. The van der Waals surface area contributed by atoms with Crippen molar-refractivity contribution in [1.82, 2.24) is 0 Å². The molecule has 0 aliphatic carbocycles. The van der Waals surface area contributed by atoms with Gasteiger partial charge in [0.15, 0.2) is 0 Å². The average molecular weight is 152 g/mol. The molecule has 0 saturated heterocycles. The monoisotopic (exact) mass is 152 g/mol. The summed E-state index contributed by atoms with van der Waals surface area (Å²) in [7, 11) is 0. The van der Waals surface area contributed by atoms with Crippen molar-refractivity contribution in [1.29, 1.82) is 0 Å². The molecule has 0 aliphatic heterocycles. The predicted molar refractivity (Wildman–Crippen MR) is 27.9 cm³/mol. The summed E-state index contributed by atoms with van der Waals surface area (Å²) in [5.74, 6) is 0. The smallest absolute Gasteiger partial charge is 0.143 e. The van der Waals surface area contributed by atoms with Crippen molar-refractivity contribution in [2.45, 2.75) is 19.8 Å². The molecule has 0 unspecified atom stereocenters. The van der Waals surface area contributed by atoms with Crippen LogP contribution in [0.15, 0.2) is 0 Å². The second kappa shape index (κ2) is 10.6. The molecule has 0 bridgehead atoms. The van der Waals surface area contributed by atoms with E-state index < -0.39 is 0 Å². The molecule has 0 rings (SSSR count). The Hall–Kier alpha value is 0.634. The number of rotatable bonds is 4. The van der Waals surface area contributed by atoms with Gasteiger partial charge in [-0.05, 0) is 6.42 Å². The summed E-state index contributed by atoms with van der Waals surface area (Å²) in [5.41, 5.74) is 0. The molecule has 0 radical (unpaired) electrons. The topological polar surface area (TPSA) is 29.5 Å². The minimum absolute atomic E-state index is 0. The largest absolute Gasteiger partial charge is 0.371 e. The van der Waals surface area contributed by atoms with Gasteiger partial charge in [-0.3, -0.25) is 0 Å². The van der Waals surface area contributed by atoms with E-state index in [-0.39, 0.29) is 28.5 Å². The maximum atomic E-state index is 8.07. The Morgan fingerprint density at radius 3 is 2.50 bits per heavy atom. The van der Waals surface area contributed by atoms with E-state index >= 15 is 0 Å². The molecule has 8 heavy (non-hydrogen) atoms. The van der Waals surface area contributed by atoms with Crippen molar-refractivity contribution in [2.75, 3.05) is 13.4 Å². The molecule has 0 spiro atoms. The first-order chi connectivity index (χ1) is 3.41. The Balaban J connectivity index is 0. The van der Waals surface area contributed by atoms with Crippen LogP contribution in [0.25, 0.3) is 0 Å². The van der Waals surface area contributed by atoms with Gasteiger partial charge >= 0.3 is 0 Å². The Labute approximate surface area is 65.1 Å². The van der Waals surface area contributed by atoms with Crippen LogP contribution < -0.4 is 0 Å². The second-order valence-corrected chi connectivity index (χ2v) is 1.39. The van der Waals surface area contributed by atoms with Crippen LogP contribution in [0.4, 0.5) is 0 Å². The summed E-state index contributed by atoms with van der Waals surface area (Å²) in [4.78, 5) is 0. The third kappa shape index (κ3) is 9.81. The molecule has 1 N–H and O–H groups in total. The van der Waals surface area contributed by atoms with Crippen LogP contribution in [0.3, 0.4) is 0 Å². The van der Waals surface area contributed by atoms with Crippen LogP contribution in [-0.4, -0.2) is 18.5 Å². The van der Waals surface area contributed by atoms with Gasteiger partial charge in [0.05, 0.1) is 0 Å². The van der Waals surface area contributed by atoms with Gasteiger partial charge in [0, 0.05) is 28.3 Å². The minimum Gasteiger partial charge on any atom is -0.371 e. The van der Waals surface area contributed by atoms with Crippen molar-refractivity contribution < 1.29 is 31.6 Å². The minimum atomic E-state index is -0.139. The van der Waals surface area contributed by atoms with Crippen molar-refractivity contribution in [3.63, 3.8) is 0 Å². The summed E-state index contributed by atoms with van der Waals surface area (Å²) in [6.45, 7) is 2.63. The van der Waals surface area contributed by atoms with Gasteiger partial charge in [0.2, 0.25) is 0 Å². The number of unbranched alkanes of at least 4 members (excludes halogenated alkanes) is 1. The Kier molecular flexibility index (Phi) is 15.1. The summed E-state index contributed by atoms with van der Waals surface area (Å²) >= 11 is 0. The quantitative estimate of drug-likeness (QED) is 0.366. The Bertz CT molecular complexity index is 29.6. The molecule has 0 aromatic heterocycles. The number of aliphatic hydroxyl groups is 1. The fourth-order valence-corrected chi connectivity index (χ4v) is 0.311. The van der Waals surface area contributed by atoms with Crippen LogP contribution in [0, 0.1) is 0 Å². The van der Waals surface area contributed by atoms with E-state index in [9.17, 15) is 0 Å². The molecular weight excluding hydrogens is 140 g/mol. The molecule has 0 heterocycles. The van der Waals surface area contributed by atoms with Gasteiger partial charge in [0.25, 0.3) is 0 Å². The van der Waals surface area contributed by atoms with Gasteiger partial charge in [-0.1, -0.05) is 13.3 Å². The van der Waals surface area contributed by atoms with Crippen molar-refractivity contribution in [2.24, 2.45) is 0 Å². The summed E-state index contributed by atoms with van der Waals surface area (Å²) in [6, 6.07) is 0. The molecule has 0 fully saturated rings. The van der Waals surface area contributed by atoms with E-state index in [0.29, 0.717) is 6.61 Å². The van der Waals surface area contributed by atoms with E-state index in [1.54, 1.807) is 0 Å². The fourth-order valence-electron chi connectivity index (χ4n) is 0.311. The van der Waals surface area contributed by atoms with Crippen LogP contribution in [0.1, 0.15) is 19.8 Å². The summed E-state index contributed by atoms with van der Waals surface area (Å²) in [5, 5.41) is 8.07. The normalized spacial score (nSPS) is 8.25. The molecule has 0 aromatic carbocycles. The molecule has 0 aliphatic rings. The molecule has 2 nitrogen and oxygen atoms in total. The number of aliphatic hydroxyl groups excluding tert-OH is 1. The zero-order valence-electron chi connectivity index (χ0n) is 5.18. The fraction of sp³-hybridized carbons (Fsp3) is 1.00. The van der Waals surface area contributed by atoms with Crippen molar-refractivity contribution >= 4 is 0 Å². The van der Waals surface area contributed by atoms with Gasteiger partial charge < -0.3 is 9.84 Å². The zero-order chi connectivity index (χ0) is 5.54. The van der Waals surface area contributed by atoms with E-state index in [0.717, 1.165) is 12.8 Å². The zero-order valence-corrected chi connectivity index (χ0v) is 6.75. The molecule has 3 heteroatoms. The van der Waals surface area contributed by atoms with Crippen LogP contribution in [0.5, 0.6) is 0 Å². The van der Waals surface area contributed by atoms with Crippen molar-refractivity contribution in [3.8, 4) is 0 Å². The molecule has 0 saturated carbocycles. The molecule has 48 valence electrons. The van der Waals surface area contributed by atoms with Crippen LogP contribution >= 0.6 is 0 Å². The van der Waals surface area contributed by atoms with Gasteiger partial charge in [0.1, 0.15) is 6.79 Å². The van der Waals surface area contributed by atoms with E-state index in [1.807, 2.05) is 0 Å². The number of hydrogen-bond acceptors (Lipinski definition) is 2. The number of ether oxygens (including phenoxy) is 1. The van der Waals surface area contributed by atoms with Crippen LogP contribution in [-0.2, 0) is 26.5 Å². The third-order valence-electron chi connectivity index (χ3n) is 0.734. The maximum absolute atomic E-state index is 8.07. The standard InChI is InChI=1S/C5H12O2.Ti/c1-2-3-4-7-5-6;/h6H,2-5H2,1H3;. The Morgan fingerprint density at radius 2 is 2.12 bits per heavy atom. The summed E-state index contributed by atoms with van der Waals surface area (Å²) in [6.07, 6.45) is 2.17. The first-order valence-electron chi connectivity index (χ1n) is 2.60. The van der Waals surface area contributed by atoms with Gasteiger partial charge in [-0.15, -0.1) is 0 Å².